The van der Waals surface area contributed by atoms with E-state index in [1.54, 1.807) is 4.57 Å². The van der Waals surface area contributed by atoms with Crippen LogP contribution in [0.4, 0.5) is 5.13 Å². The van der Waals surface area contributed by atoms with Crippen LogP contribution in [0.25, 0.3) is 16.7 Å². The molecule has 8 nitrogen and oxygen atoms in total. The largest absolute Gasteiger partial charge is 0.302 e. The number of nitrogens with one attached hydrogen (secondary N) is 1. The molecule has 0 atom stereocenters. The van der Waals surface area contributed by atoms with Gasteiger partial charge in [0.25, 0.3) is 5.56 Å². The fourth-order valence-corrected chi connectivity index (χ4v) is 4.67. The maximum atomic E-state index is 12.8. The SMILES string of the molecule is CCCn1c(=O)c2ccccc2n2c(SCc3csc(NC(C)=O)n3)nnc12. The molecule has 0 saturated carbocycles. The minimum Gasteiger partial charge on any atom is -0.302 e. The fraction of sp³-hybridized carbons (Fsp3) is 0.278. The number of hydrogen-bond acceptors (Lipinski definition) is 7. The molecule has 0 fully saturated rings. The van der Waals surface area contributed by atoms with Crippen LogP contribution in [0.1, 0.15) is 26.0 Å². The molecule has 1 aromatic carbocycles. The number of thiazole rings is 1. The van der Waals surface area contributed by atoms with Gasteiger partial charge in [-0.15, -0.1) is 21.5 Å². The van der Waals surface area contributed by atoms with Crippen molar-refractivity contribution in [1.29, 1.82) is 0 Å². The highest BCUT2D eigenvalue weighted by molar-refractivity contribution is 7.98. The van der Waals surface area contributed by atoms with Crippen LogP contribution in [-0.2, 0) is 17.1 Å². The molecule has 0 unspecified atom stereocenters. The van der Waals surface area contributed by atoms with Gasteiger partial charge in [-0.25, -0.2) is 4.98 Å². The Labute approximate surface area is 168 Å². The van der Waals surface area contributed by atoms with Crippen LogP contribution >= 0.6 is 23.1 Å². The average molecular weight is 415 g/mol. The Hall–Kier alpha value is -2.72. The minimum atomic E-state index is -0.141. The third kappa shape index (κ3) is 3.40. The van der Waals surface area contributed by atoms with Crippen LogP contribution in [0.5, 0.6) is 0 Å². The molecule has 1 amide bonds. The molecule has 1 N–H and O–H groups in total. The lowest BCUT2D eigenvalue weighted by Crippen LogP contribution is -2.23. The highest BCUT2D eigenvalue weighted by atomic mass is 32.2. The summed E-state index contributed by atoms with van der Waals surface area (Å²) in [5.74, 6) is 0.987. The third-order valence-corrected chi connectivity index (χ3v) is 5.88. The molecule has 10 heteroatoms. The lowest BCUT2D eigenvalue weighted by atomic mass is 10.2. The molecule has 0 bridgehead atoms. The van der Waals surface area contributed by atoms with Gasteiger partial charge in [0.1, 0.15) is 0 Å². The molecule has 0 radical (unpaired) electrons. The quantitative estimate of drug-likeness (QED) is 0.487. The van der Waals surface area contributed by atoms with E-state index in [-0.39, 0.29) is 11.5 Å². The topological polar surface area (TPSA) is 94.2 Å². The number of fused-ring (bicyclic) bond motifs is 3. The molecule has 28 heavy (non-hydrogen) atoms. The first kappa shape index (κ1) is 18.6. The Kier molecular flexibility index (Phi) is 5.14. The number of anilines is 1. The first-order valence-electron chi connectivity index (χ1n) is 8.80. The molecular formula is C18H18N6O2S2. The maximum absolute atomic E-state index is 12.8. The van der Waals surface area contributed by atoms with Crippen LogP contribution in [0.2, 0.25) is 0 Å². The molecular weight excluding hydrogens is 396 g/mol. The number of para-hydroxylation sites is 1. The minimum absolute atomic E-state index is 0.0478. The lowest BCUT2D eigenvalue weighted by Gasteiger charge is -2.10. The molecule has 0 aliphatic rings. The Morgan fingerprint density at radius 3 is 2.89 bits per heavy atom. The molecule has 4 aromatic rings. The number of carbonyl (C=O) groups excluding carboxylic acids is 1. The van der Waals surface area contributed by atoms with Crippen LogP contribution in [0.3, 0.4) is 0 Å². The fourth-order valence-electron chi connectivity index (χ4n) is 2.97. The van der Waals surface area contributed by atoms with Crippen molar-refractivity contribution in [3.8, 4) is 0 Å². The smallest absolute Gasteiger partial charge is 0.262 e. The Balaban J connectivity index is 1.73. The third-order valence-electron chi connectivity index (χ3n) is 4.11. The summed E-state index contributed by atoms with van der Waals surface area (Å²) in [7, 11) is 0. The van der Waals surface area contributed by atoms with Gasteiger partial charge in [0.15, 0.2) is 10.3 Å². The number of nitrogens with zero attached hydrogens (tertiary/aromatic N) is 5. The summed E-state index contributed by atoms with van der Waals surface area (Å²) in [5, 5.41) is 15.1. The molecule has 0 saturated heterocycles. The summed E-state index contributed by atoms with van der Waals surface area (Å²) in [6, 6.07) is 7.50. The van der Waals surface area contributed by atoms with Crippen molar-refractivity contribution in [2.75, 3.05) is 5.32 Å². The summed E-state index contributed by atoms with van der Waals surface area (Å²) in [5.41, 5.74) is 1.59. The van der Waals surface area contributed by atoms with Gasteiger partial charge in [0.2, 0.25) is 11.7 Å². The number of thioether (sulfide) groups is 1. The number of rotatable bonds is 6. The van der Waals surface area contributed by atoms with Crippen LogP contribution < -0.4 is 10.9 Å². The number of benzene rings is 1. The van der Waals surface area contributed by atoms with Crippen molar-refractivity contribution >= 4 is 50.8 Å². The predicted molar refractivity (Wildman–Crippen MR) is 111 cm³/mol. The van der Waals surface area contributed by atoms with E-state index in [0.29, 0.717) is 33.7 Å². The maximum Gasteiger partial charge on any atom is 0.262 e. The summed E-state index contributed by atoms with van der Waals surface area (Å²) < 4.78 is 3.61. The number of hydrogen-bond donors (Lipinski definition) is 1. The summed E-state index contributed by atoms with van der Waals surface area (Å²) in [6.45, 7) is 4.07. The Morgan fingerprint density at radius 2 is 2.11 bits per heavy atom. The molecule has 4 rings (SSSR count). The van der Waals surface area contributed by atoms with E-state index in [9.17, 15) is 9.59 Å². The lowest BCUT2D eigenvalue weighted by molar-refractivity contribution is -0.114. The van der Waals surface area contributed by atoms with E-state index in [2.05, 4.69) is 20.5 Å². The van der Waals surface area contributed by atoms with Gasteiger partial charge < -0.3 is 5.32 Å². The number of amides is 1. The Morgan fingerprint density at radius 1 is 1.29 bits per heavy atom. The second-order valence-corrected chi connectivity index (χ2v) is 8.01. The van der Waals surface area contributed by atoms with Crippen molar-refractivity contribution in [2.45, 2.75) is 37.7 Å². The standard InChI is InChI=1S/C18H18N6O2S2/c1-3-8-23-15(26)13-6-4-5-7-14(13)24-17(23)21-22-18(24)28-10-12-9-27-16(20-12)19-11(2)25/h4-7,9H,3,8,10H2,1-2H3,(H,19,20,25). The average Bonchev–Trinajstić information content (AvgIpc) is 3.30. The van der Waals surface area contributed by atoms with Gasteiger partial charge in [-0.05, 0) is 18.6 Å². The van der Waals surface area contributed by atoms with Gasteiger partial charge in [-0.2, -0.15) is 0 Å². The zero-order valence-corrected chi connectivity index (χ0v) is 17.0. The highest BCUT2D eigenvalue weighted by Crippen LogP contribution is 2.26. The molecule has 0 aliphatic carbocycles. The van der Waals surface area contributed by atoms with Crippen LogP contribution in [-0.4, -0.2) is 30.1 Å². The van der Waals surface area contributed by atoms with E-state index < -0.39 is 0 Å². The summed E-state index contributed by atoms with van der Waals surface area (Å²) in [6.07, 6.45) is 0.827. The summed E-state index contributed by atoms with van der Waals surface area (Å²) in [4.78, 5) is 28.4. The van der Waals surface area contributed by atoms with Crippen molar-refractivity contribution in [1.82, 2.24) is 24.1 Å². The van der Waals surface area contributed by atoms with Gasteiger partial charge in [-0.3, -0.25) is 18.6 Å². The second kappa shape index (κ2) is 7.72. The van der Waals surface area contributed by atoms with Crippen LogP contribution in [0, 0.1) is 0 Å². The van der Waals surface area contributed by atoms with Gasteiger partial charge in [0, 0.05) is 24.6 Å². The van der Waals surface area contributed by atoms with Crippen molar-refractivity contribution in [3.05, 3.63) is 45.7 Å². The first-order chi connectivity index (χ1) is 13.6. The molecule has 0 spiro atoms. The van der Waals surface area contributed by atoms with Crippen molar-refractivity contribution < 1.29 is 4.79 Å². The summed E-state index contributed by atoms with van der Waals surface area (Å²) >= 11 is 2.88. The number of aromatic nitrogens is 5. The van der Waals surface area contributed by atoms with Gasteiger partial charge in [0.05, 0.1) is 16.6 Å². The van der Waals surface area contributed by atoms with E-state index >= 15 is 0 Å². The Bertz CT molecular complexity index is 1230. The van der Waals surface area contributed by atoms with E-state index in [0.717, 1.165) is 17.6 Å². The molecule has 3 heterocycles. The van der Waals surface area contributed by atoms with Crippen molar-refractivity contribution in [2.24, 2.45) is 0 Å². The van der Waals surface area contributed by atoms with E-state index in [4.69, 9.17) is 0 Å². The highest BCUT2D eigenvalue weighted by Gasteiger charge is 2.16. The number of carbonyl (C=O) groups is 1. The normalized spacial score (nSPS) is 11.4. The molecule has 0 aliphatic heterocycles. The van der Waals surface area contributed by atoms with E-state index in [1.807, 2.05) is 41.0 Å². The predicted octanol–water partition coefficient (Wildman–Crippen LogP) is 3.16. The van der Waals surface area contributed by atoms with Gasteiger partial charge in [-0.1, -0.05) is 30.8 Å². The second-order valence-electron chi connectivity index (χ2n) is 6.21. The zero-order chi connectivity index (χ0) is 19.7. The van der Waals surface area contributed by atoms with E-state index in [1.165, 1.54) is 30.0 Å². The van der Waals surface area contributed by atoms with Crippen LogP contribution in [0.15, 0.2) is 39.6 Å². The molecule has 144 valence electrons. The zero-order valence-electron chi connectivity index (χ0n) is 15.4. The van der Waals surface area contributed by atoms with Crippen molar-refractivity contribution in [3.63, 3.8) is 0 Å². The monoisotopic (exact) mass is 414 g/mol. The number of aryl methyl sites for hydroxylation is 1. The molecule has 3 aromatic heterocycles. The first-order valence-corrected chi connectivity index (χ1v) is 10.7. The van der Waals surface area contributed by atoms with Gasteiger partial charge >= 0.3 is 0 Å².